The van der Waals surface area contributed by atoms with Crippen molar-refractivity contribution in [1.29, 1.82) is 0 Å². The van der Waals surface area contributed by atoms with Gasteiger partial charge < -0.3 is 9.99 Å². The normalized spacial score (nSPS) is 6.50. The van der Waals surface area contributed by atoms with E-state index >= 15 is 0 Å². The second-order valence-electron chi connectivity index (χ2n) is 0.899. The van der Waals surface area contributed by atoms with E-state index in [1.807, 2.05) is 0 Å². The van der Waals surface area contributed by atoms with Crippen molar-refractivity contribution in [2.24, 2.45) is 0 Å². The van der Waals surface area contributed by atoms with Gasteiger partial charge in [-0.2, -0.15) is 5.26 Å². The highest BCUT2D eigenvalue weighted by Crippen LogP contribution is 1.59. The molecule has 0 saturated carbocycles. The molecule has 0 aromatic rings. The summed E-state index contributed by atoms with van der Waals surface area (Å²) in [6, 6.07) is 0. The van der Waals surface area contributed by atoms with Gasteiger partial charge >= 0.3 is 5.97 Å². The minimum atomic E-state index is -0.690. The maximum Gasteiger partial charge on any atom is 0.339 e. The van der Waals surface area contributed by atoms with Crippen LogP contribution in [0, 0.1) is 0 Å². The molecule has 0 unspecified atom stereocenters. The van der Waals surface area contributed by atoms with Gasteiger partial charge in [0.1, 0.15) is 0 Å². The van der Waals surface area contributed by atoms with Crippen molar-refractivity contribution in [3.05, 3.63) is 0 Å². The first-order valence-electron chi connectivity index (χ1n) is 2.11. The molecule has 4 heteroatoms. The molecule has 0 heterocycles. The Morgan fingerprint density at radius 3 is 1.88 bits per heavy atom. The lowest BCUT2D eigenvalue weighted by Gasteiger charge is -1.76. The minimum Gasteiger partial charge on any atom is -0.397 e. The van der Waals surface area contributed by atoms with E-state index in [-0.39, 0.29) is 6.61 Å². The van der Waals surface area contributed by atoms with Crippen LogP contribution in [0.1, 0.15) is 13.8 Å². The zero-order valence-electron chi connectivity index (χ0n) is 4.92. The van der Waals surface area contributed by atoms with E-state index in [0.29, 0.717) is 0 Å². The highest BCUT2D eigenvalue weighted by Gasteiger charge is 1.79. The van der Waals surface area contributed by atoms with Crippen LogP contribution in [0.5, 0.6) is 0 Å². The first kappa shape index (κ1) is 10.4. The summed E-state index contributed by atoms with van der Waals surface area (Å²) in [6.07, 6.45) is 0. The summed E-state index contributed by atoms with van der Waals surface area (Å²) in [6.45, 7) is 3.04. The van der Waals surface area contributed by atoms with Crippen LogP contribution in [-0.2, 0) is 9.68 Å². The smallest absolute Gasteiger partial charge is 0.339 e. The summed E-state index contributed by atoms with van der Waals surface area (Å²) in [5.74, 6) is -0.690. The molecule has 0 aliphatic carbocycles. The van der Waals surface area contributed by atoms with Crippen molar-refractivity contribution >= 4 is 5.97 Å². The quantitative estimate of drug-likeness (QED) is 0.351. The Morgan fingerprint density at radius 2 is 1.88 bits per heavy atom. The summed E-state index contributed by atoms with van der Waals surface area (Å²) in [4.78, 5) is 12.5. The van der Waals surface area contributed by atoms with Crippen LogP contribution in [0.15, 0.2) is 0 Å². The zero-order valence-corrected chi connectivity index (χ0v) is 4.92. The average Bonchev–Trinajstić information content (AvgIpc) is 1.69. The van der Waals surface area contributed by atoms with Gasteiger partial charge in [0.2, 0.25) is 0 Å². The zero-order chi connectivity index (χ0) is 6.99. The molecule has 0 aromatic heterocycles. The van der Waals surface area contributed by atoms with Crippen molar-refractivity contribution < 1.29 is 20.0 Å². The first-order valence-corrected chi connectivity index (χ1v) is 2.11. The van der Waals surface area contributed by atoms with Crippen LogP contribution in [0.4, 0.5) is 0 Å². The molecular formula is C4H10O4. The van der Waals surface area contributed by atoms with E-state index in [4.69, 9.17) is 10.4 Å². The number of aliphatic hydroxyl groups is 1. The van der Waals surface area contributed by atoms with Crippen molar-refractivity contribution in [2.45, 2.75) is 13.8 Å². The number of carbonyl (C=O) groups is 1. The largest absolute Gasteiger partial charge is 0.397 e. The van der Waals surface area contributed by atoms with Gasteiger partial charge in [-0.25, -0.2) is 4.79 Å². The van der Waals surface area contributed by atoms with E-state index < -0.39 is 5.97 Å². The van der Waals surface area contributed by atoms with Gasteiger partial charge in [0.05, 0.1) is 0 Å². The van der Waals surface area contributed by atoms with E-state index in [2.05, 4.69) is 4.89 Å². The molecule has 0 radical (unpaired) electrons. The van der Waals surface area contributed by atoms with Gasteiger partial charge in [-0.05, 0) is 6.92 Å². The molecule has 0 aromatic carbocycles. The monoisotopic (exact) mass is 122 g/mol. The summed E-state index contributed by atoms with van der Waals surface area (Å²) in [7, 11) is 0. The molecule has 0 spiro atoms. The molecule has 0 atom stereocenters. The molecule has 0 rings (SSSR count). The van der Waals surface area contributed by atoms with Gasteiger partial charge in [-0.1, -0.05) is 0 Å². The Morgan fingerprint density at radius 1 is 1.75 bits per heavy atom. The average molecular weight is 122 g/mol. The number of hydrogen-bond donors (Lipinski definition) is 2. The van der Waals surface area contributed by atoms with E-state index in [0.717, 1.165) is 6.92 Å². The van der Waals surface area contributed by atoms with Crippen LogP contribution in [-0.4, -0.2) is 22.9 Å². The lowest BCUT2D eigenvalue weighted by Crippen LogP contribution is -1.89. The first-order chi connectivity index (χ1) is 3.68. The van der Waals surface area contributed by atoms with Crippen molar-refractivity contribution in [1.82, 2.24) is 0 Å². The third kappa shape index (κ3) is 53.8. The molecule has 4 nitrogen and oxygen atoms in total. The van der Waals surface area contributed by atoms with E-state index in [9.17, 15) is 4.79 Å². The topological polar surface area (TPSA) is 66.8 Å². The van der Waals surface area contributed by atoms with E-state index in [1.54, 1.807) is 6.92 Å². The van der Waals surface area contributed by atoms with Crippen LogP contribution in [0.2, 0.25) is 0 Å². The molecule has 0 aliphatic heterocycles. The van der Waals surface area contributed by atoms with Gasteiger partial charge in [0.15, 0.2) is 0 Å². The fourth-order valence-corrected chi connectivity index (χ4v) is 0. The van der Waals surface area contributed by atoms with E-state index in [1.165, 1.54) is 0 Å². The summed E-state index contributed by atoms with van der Waals surface area (Å²) >= 11 is 0. The lowest BCUT2D eigenvalue weighted by molar-refractivity contribution is -0.231. The third-order valence-corrected chi connectivity index (χ3v) is 0.129. The second-order valence-corrected chi connectivity index (χ2v) is 0.899. The molecule has 50 valence electrons. The SMILES string of the molecule is CC(=O)OO.CCO. The Hall–Kier alpha value is -0.610. The predicted octanol–water partition coefficient (Wildman–Crippen LogP) is 0.0211. The van der Waals surface area contributed by atoms with Crippen molar-refractivity contribution in [2.75, 3.05) is 6.61 Å². The number of rotatable bonds is 0. The molecule has 0 aliphatic rings. The van der Waals surface area contributed by atoms with Gasteiger partial charge in [0, 0.05) is 13.5 Å². The van der Waals surface area contributed by atoms with Gasteiger partial charge in [0.25, 0.3) is 0 Å². The number of hydrogen-bond acceptors (Lipinski definition) is 4. The molecular weight excluding hydrogens is 112 g/mol. The Balaban J connectivity index is 0. The van der Waals surface area contributed by atoms with Gasteiger partial charge in [-0.3, -0.25) is 0 Å². The molecule has 0 amide bonds. The van der Waals surface area contributed by atoms with Crippen molar-refractivity contribution in [3.8, 4) is 0 Å². The number of carbonyl (C=O) groups excluding carboxylic acids is 1. The predicted molar refractivity (Wildman–Crippen MR) is 27.2 cm³/mol. The van der Waals surface area contributed by atoms with Crippen LogP contribution < -0.4 is 0 Å². The summed E-state index contributed by atoms with van der Waals surface area (Å²) < 4.78 is 0. The highest BCUT2D eigenvalue weighted by atomic mass is 17.1. The van der Waals surface area contributed by atoms with Crippen molar-refractivity contribution in [3.63, 3.8) is 0 Å². The van der Waals surface area contributed by atoms with Crippen LogP contribution in [0.3, 0.4) is 0 Å². The fraction of sp³-hybridized carbons (Fsp3) is 0.750. The maximum absolute atomic E-state index is 9.34. The summed E-state index contributed by atoms with van der Waals surface area (Å²) in [5.41, 5.74) is 0. The Labute approximate surface area is 47.6 Å². The fourth-order valence-electron chi connectivity index (χ4n) is 0. The molecule has 0 fully saturated rings. The standard InChI is InChI=1S/C2H4O3.C2H6O/c1-2(3)5-4;1-2-3/h4H,1H3;3H,2H2,1H3. The Kier molecular flexibility index (Phi) is 12.5. The molecule has 8 heavy (non-hydrogen) atoms. The number of aliphatic hydroxyl groups excluding tert-OH is 1. The van der Waals surface area contributed by atoms with Gasteiger partial charge in [-0.15, -0.1) is 0 Å². The maximum atomic E-state index is 9.34. The molecule has 0 saturated heterocycles. The van der Waals surface area contributed by atoms with Crippen LogP contribution >= 0.6 is 0 Å². The third-order valence-electron chi connectivity index (χ3n) is 0.129. The Bertz CT molecular complexity index is 52.0. The summed E-state index contributed by atoms with van der Waals surface area (Å²) in [5, 5.41) is 14.9. The highest BCUT2D eigenvalue weighted by molar-refractivity contribution is 5.64. The van der Waals surface area contributed by atoms with Crippen LogP contribution in [0.25, 0.3) is 0 Å². The minimum absolute atomic E-state index is 0.250. The second kappa shape index (κ2) is 9.63. The molecule has 0 bridgehead atoms. The lowest BCUT2D eigenvalue weighted by atomic mass is 10.9. The molecule has 2 N–H and O–H groups in total.